The highest BCUT2D eigenvalue weighted by Crippen LogP contribution is 2.32. The number of para-hydroxylation sites is 1. The van der Waals surface area contributed by atoms with Crippen molar-refractivity contribution >= 4 is 34.8 Å². The van der Waals surface area contributed by atoms with Gasteiger partial charge in [-0.1, -0.05) is 42.8 Å². The number of hydrogen-bond donors (Lipinski definition) is 1. The minimum absolute atomic E-state index is 0.00281. The highest BCUT2D eigenvalue weighted by Gasteiger charge is 2.36. The number of anilines is 2. The molecule has 2 amide bonds. The molecule has 0 bridgehead atoms. The molecular formula is C21H23ClN2O2. The van der Waals surface area contributed by atoms with E-state index >= 15 is 0 Å². The van der Waals surface area contributed by atoms with E-state index in [0.29, 0.717) is 17.3 Å². The lowest BCUT2D eigenvalue weighted by Crippen LogP contribution is -2.29. The van der Waals surface area contributed by atoms with Crippen molar-refractivity contribution in [2.24, 2.45) is 5.92 Å². The SMILES string of the molecule is CCc1cccc(C)c1N1CC(C(=O)Nc2cccc(Cl)c2C)CC1=O. The van der Waals surface area contributed by atoms with Crippen LogP contribution in [0.25, 0.3) is 0 Å². The van der Waals surface area contributed by atoms with E-state index in [1.165, 1.54) is 0 Å². The summed E-state index contributed by atoms with van der Waals surface area (Å²) in [6, 6.07) is 11.5. The van der Waals surface area contributed by atoms with Gasteiger partial charge in [0.15, 0.2) is 0 Å². The lowest BCUT2D eigenvalue weighted by atomic mass is 10.0. The molecule has 1 aliphatic rings. The van der Waals surface area contributed by atoms with Gasteiger partial charge in [0.1, 0.15) is 0 Å². The average Bonchev–Trinajstić information content (AvgIpc) is 3.00. The summed E-state index contributed by atoms with van der Waals surface area (Å²) >= 11 is 6.12. The Morgan fingerprint density at radius 1 is 1.23 bits per heavy atom. The molecule has 26 heavy (non-hydrogen) atoms. The number of benzene rings is 2. The van der Waals surface area contributed by atoms with Crippen molar-refractivity contribution in [1.82, 2.24) is 0 Å². The van der Waals surface area contributed by atoms with Crippen LogP contribution in [-0.4, -0.2) is 18.4 Å². The van der Waals surface area contributed by atoms with Crippen LogP contribution in [0.15, 0.2) is 36.4 Å². The molecule has 0 spiro atoms. The minimum atomic E-state index is -0.370. The first-order valence-electron chi connectivity index (χ1n) is 8.87. The first-order chi connectivity index (χ1) is 12.4. The summed E-state index contributed by atoms with van der Waals surface area (Å²) < 4.78 is 0. The van der Waals surface area contributed by atoms with Crippen molar-refractivity contribution in [2.45, 2.75) is 33.6 Å². The number of hydrogen-bond acceptors (Lipinski definition) is 2. The zero-order chi connectivity index (χ0) is 18.8. The molecule has 0 radical (unpaired) electrons. The Bertz CT molecular complexity index is 863. The Morgan fingerprint density at radius 2 is 1.96 bits per heavy atom. The largest absolute Gasteiger partial charge is 0.325 e. The highest BCUT2D eigenvalue weighted by atomic mass is 35.5. The second-order valence-corrected chi connectivity index (χ2v) is 7.15. The van der Waals surface area contributed by atoms with Crippen molar-refractivity contribution in [1.29, 1.82) is 0 Å². The van der Waals surface area contributed by atoms with Gasteiger partial charge < -0.3 is 10.2 Å². The molecule has 1 saturated heterocycles. The number of carbonyl (C=O) groups is 2. The first-order valence-corrected chi connectivity index (χ1v) is 9.25. The Morgan fingerprint density at radius 3 is 2.69 bits per heavy atom. The highest BCUT2D eigenvalue weighted by molar-refractivity contribution is 6.31. The number of aryl methyl sites for hydroxylation is 2. The van der Waals surface area contributed by atoms with Crippen molar-refractivity contribution in [2.75, 3.05) is 16.8 Å². The topological polar surface area (TPSA) is 49.4 Å². The van der Waals surface area contributed by atoms with E-state index in [9.17, 15) is 9.59 Å². The third kappa shape index (κ3) is 3.47. The van der Waals surface area contributed by atoms with E-state index in [2.05, 4.69) is 12.2 Å². The van der Waals surface area contributed by atoms with E-state index in [1.54, 1.807) is 17.0 Å². The molecule has 4 nitrogen and oxygen atoms in total. The van der Waals surface area contributed by atoms with Gasteiger partial charge in [-0.3, -0.25) is 9.59 Å². The Kier molecular flexibility index (Phi) is 5.33. The maximum Gasteiger partial charge on any atom is 0.229 e. The molecule has 3 rings (SSSR count). The van der Waals surface area contributed by atoms with E-state index in [1.807, 2.05) is 38.1 Å². The number of amides is 2. The first kappa shape index (κ1) is 18.5. The molecule has 1 unspecified atom stereocenters. The fourth-order valence-electron chi connectivity index (χ4n) is 3.47. The van der Waals surface area contributed by atoms with Gasteiger partial charge >= 0.3 is 0 Å². The summed E-state index contributed by atoms with van der Waals surface area (Å²) in [5.41, 5.74) is 4.66. The minimum Gasteiger partial charge on any atom is -0.325 e. The van der Waals surface area contributed by atoms with Gasteiger partial charge in [0.25, 0.3) is 0 Å². The molecule has 1 fully saturated rings. The van der Waals surface area contributed by atoms with Gasteiger partial charge in [0, 0.05) is 29.4 Å². The average molecular weight is 371 g/mol. The summed E-state index contributed by atoms with van der Waals surface area (Å²) in [7, 11) is 0. The lowest BCUT2D eigenvalue weighted by Gasteiger charge is -2.22. The quantitative estimate of drug-likeness (QED) is 0.860. The lowest BCUT2D eigenvalue weighted by molar-refractivity contribution is -0.122. The predicted molar refractivity (Wildman–Crippen MR) is 106 cm³/mol. The number of nitrogens with zero attached hydrogens (tertiary/aromatic N) is 1. The Labute approximate surface area is 159 Å². The molecule has 5 heteroatoms. The molecule has 0 aromatic heterocycles. The van der Waals surface area contributed by atoms with Crippen molar-refractivity contribution < 1.29 is 9.59 Å². The molecule has 0 aliphatic carbocycles. The maximum absolute atomic E-state index is 12.7. The van der Waals surface area contributed by atoms with Gasteiger partial charge in [-0.05, 0) is 49.1 Å². The van der Waals surface area contributed by atoms with Crippen molar-refractivity contribution in [3.05, 3.63) is 58.1 Å². The molecule has 2 aromatic rings. The zero-order valence-corrected chi connectivity index (χ0v) is 16.1. The van der Waals surface area contributed by atoms with E-state index in [4.69, 9.17) is 11.6 Å². The second kappa shape index (κ2) is 7.50. The smallest absolute Gasteiger partial charge is 0.229 e. The Balaban J connectivity index is 1.80. The third-order valence-corrected chi connectivity index (χ3v) is 5.40. The van der Waals surface area contributed by atoms with Crippen LogP contribution in [0, 0.1) is 19.8 Å². The summed E-state index contributed by atoms with van der Waals surface area (Å²) in [5, 5.41) is 3.54. The van der Waals surface area contributed by atoms with Gasteiger partial charge in [0.05, 0.1) is 5.92 Å². The monoisotopic (exact) mass is 370 g/mol. The van der Waals surface area contributed by atoms with E-state index in [-0.39, 0.29) is 24.2 Å². The Hall–Kier alpha value is -2.33. The van der Waals surface area contributed by atoms with Crippen LogP contribution < -0.4 is 10.2 Å². The zero-order valence-electron chi connectivity index (χ0n) is 15.3. The van der Waals surface area contributed by atoms with Crippen LogP contribution in [0.4, 0.5) is 11.4 Å². The summed E-state index contributed by atoms with van der Waals surface area (Å²) in [4.78, 5) is 27.1. The number of halogens is 1. The molecule has 1 aliphatic heterocycles. The number of carbonyl (C=O) groups excluding carboxylic acids is 2. The molecule has 2 aromatic carbocycles. The number of nitrogens with one attached hydrogen (secondary N) is 1. The predicted octanol–water partition coefficient (Wildman–Crippen LogP) is 4.51. The molecule has 1 N–H and O–H groups in total. The molecule has 0 saturated carbocycles. The summed E-state index contributed by atoms with van der Waals surface area (Å²) in [6.45, 7) is 6.35. The van der Waals surface area contributed by atoms with Crippen LogP contribution in [0.1, 0.15) is 30.0 Å². The normalized spacial score (nSPS) is 16.8. The van der Waals surface area contributed by atoms with Crippen molar-refractivity contribution in [3.63, 3.8) is 0 Å². The molecule has 136 valence electrons. The number of rotatable bonds is 4. The maximum atomic E-state index is 12.7. The van der Waals surface area contributed by atoms with Crippen LogP contribution >= 0.6 is 11.6 Å². The standard InChI is InChI=1S/C21H23ClN2O2/c1-4-15-8-5-7-13(2)20(15)24-12-16(11-19(24)25)21(26)23-18-10-6-9-17(22)14(18)3/h5-10,16H,4,11-12H2,1-3H3,(H,23,26). The fourth-order valence-corrected chi connectivity index (χ4v) is 3.64. The molecule has 1 atom stereocenters. The summed E-state index contributed by atoms with van der Waals surface area (Å²) in [6.07, 6.45) is 1.07. The van der Waals surface area contributed by atoms with Crippen molar-refractivity contribution in [3.8, 4) is 0 Å². The fraction of sp³-hybridized carbons (Fsp3) is 0.333. The molecule has 1 heterocycles. The van der Waals surface area contributed by atoms with Gasteiger partial charge in [-0.2, -0.15) is 0 Å². The van der Waals surface area contributed by atoms with Crippen LogP contribution in [0.2, 0.25) is 5.02 Å². The molecular weight excluding hydrogens is 348 g/mol. The second-order valence-electron chi connectivity index (χ2n) is 6.74. The van der Waals surface area contributed by atoms with Gasteiger partial charge in [-0.25, -0.2) is 0 Å². The van der Waals surface area contributed by atoms with Crippen LogP contribution in [0.3, 0.4) is 0 Å². The van der Waals surface area contributed by atoms with Gasteiger partial charge in [-0.15, -0.1) is 0 Å². The van der Waals surface area contributed by atoms with Crippen LogP contribution in [-0.2, 0) is 16.0 Å². The van der Waals surface area contributed by atoms with E-state index < -0.39 is 0 Å². The third-order valence-electron chi connectivity index (χ3n) is 4.99. The summed E-state index contributed by atoms with van der Waals surface area (Å²) in [5.74, 6) is -0.514. The van der Waals surface area contributed by atoms with Gasteiger partial charge in [0.2, 0.25) is 11.8 Å². The van der Waals surface area contributed by atoms with E-state index in [0.717, 1.165) is 28.8 Å². The van der Waals surface area contributed by atoms with Crippen LogP contribution in [0.5, 0.6) is 0 Å².